The van der Waals surface area contributed by atoms with Crippen LogP contribution in [0.1, 0.15) is 38.4 Å². The Kier molecular flexibility index (Phi) is 6.13. The lowest BCUT2D eigenvalue weighted by Crippen LogP contribution is -2.45. The highest BCUT2D eigenvalue weighted by molar-refractivity contribution is 5.80. The van der Waals surface area contributed by atoms with E-state index >= 15 is 0 Å². The predicted octanol–water partition coefficient (Wildman–Crippen LogP) is 1.69. The van der Waals surface area contributed by atoms with Gasteiger partial charge in [0.25, 0.3) is 5.56 Å². The summed E-state index contributed by atoms with van der Waals surface area (Å²) in [6.07, 6.45) is 3.24. The maximum absolute atomic E-state index is 13.4. The lowest BCUT2D eigenvalue weighted by atomic mass is 9.95. The van der Waals surface area contributed by atoms with E-state index in [1.54, 1.807) is 34.9 Å². The molecule has 4 rings (SSSR count). The molecule has 1 N–H and O–H groups in total. The standard InChI is InChI=1S/C22H28N4O4/c1-15(27)25-10-8-16(9-11-25)22(29)26(13-17-5-4-12-30-17)14-20-23-19-7-3-2-6-18(19)21(28)24-20/h2-3,6-7,16-17H,4-5,8-14H2,1H3,(H,23,24,28)/t17-/m0/s1. The van der Waals surface area contributed by atoms with E-state index in [2.05, 4.69) is 9.97 Å². The number of hydrogen-bond acceptors (Lipinski definition) is 5. The molecule has 2 aliphatic rings. The van der Waals surface area contributed by atoms with Crippen molar-refractivity contribution in [3.8, 4) is 0 Å². The Bertz CT molecular complexity index is 975. The highest BCUT2D eigenvalue weighted by Crippen LogP contribution is 2.23. The minimum absolute atomic E-state index is 0.0124. The van der Waals surface area contributed by atoms with Crippen molar-refractivity contribution in [3.05, 3.63) is 40.4 Å². The Hall–Kier alpha value is -2.74. The average Bonchev–Trinajstić information content (AvgIpc) is 3.26. The van der Waals surface area contributed by atoms with Crippen molar-refractivity contribution in [2.24, 2.45) is 5.92 Å². The molecule has 0 spiro atoms. The quantitative estimate of drug-likeness (QED) is 0.806. The lowest BCUT2D eigenvalue weighted by molar-refractivity contribution is -0.142. The predicted molar refractivity (Wildman–Crippen MR) is 112 cm³/mol. The number of amides is 2. The van der Waals surface area contributed by atoms with Crippen LogP contribution in [0.5, 0.6) is 0 Å². The number of H-pyrrole nitrogens is 1. The summed E-state index contributed by atoms with van der Waals surface area (Å²) in [5, 5.41) is 0.537. The smallest absolute Gasteiger partial charge is 0.258 e. The Labute approximate surface area is 175 Å². The number of rotatable bonds is 5. The highest BCUT2D eigenvalue weighted by Gasteiger charge is 2.31. The van der Waals surface area contributed by atoms with Gasteiger partial charge in [-0.1, -0.05) is 12.1 Å². The lowest BCUT2D eigenvalue weighted by Gasteiger charge is -2.34. The average molecular weight is 412 g/mol. The van der Waals surface area contributed by atoms with Crippen molar-refractivity contribution in [3.63, 3.8) is 0 Å². The van der Waals surface area contributed by atoms with Crippen LogP contribution in [0.25, 0.3) is 10.9 Å². The summed E-state index contributed by atoms with van der Waals surface area (Å²) >= 11 is 0. The third kappa shape index (κ3) is 4.53. The molecule has 0 unspecified atom stereocenters. The van der Waals surface area contributed by atoms with Gasteiger partial charge in [0.05, 0.1) is 23.6 Å². The fourth-order valence-corrected chi connectivity index (χ4v) is 4.36. The topological polar surface area (TPSA) is 95.6 Å². The molecule has 1 aromatic heterocycles. The molecule has 8 nitrogen and oxygen atoms in total. The first-order valence-corrected chi connectivity index (χ1v) is 10.6. The van der Waals surface area contributed by atoms with E-state index in [1.165, 1.54) is 0 Å². The van der Waals surface area contributed by atoms with Gasteiger partial charge in [-0.25, -0.2) is 4.98 Å². The maximum atomic E-state index is 13.4. The van der Waals surface area contributed by atoms with Crippen LogP contribution in [0.15, 0.2) is 29.1 Å². The van der Waals surface area contributed by atoms with Crippen molar-refractivity contribution >= 4 is 22.7 Å². The van der Waals surface area contributed by atoms with E-state index in [0.29, 0.717) is 49.2 Å². The minimum atomic E-state index is -0.199. The van der Waals surface area contributed by atoms with Gasteiger partial charge in [-0.3, -0.25) is 14.4 Å². The second kappa shape index (κ2) is 8.95. The van der Waals surface area contributed by atoms with Crippen LogP contribution in [0.2, 0.25) is 0 Å². The molecule has 0 saturated carbocycles. The van der Waals surface area contributed by atoms with Gasteiger partial charge in [-0.05, 0) is 37.8 Å². The number of hydrogen-bond donors (Lipinski definition) is 1. The highest BCUT2D eigenvalue weighted by atomic mass is 16.5. The zero-order valence-electron chi connectivity index (χ0n) is 17.3. The molecule has 2 fully saturated rings. The van der Waals surface area contributed by atoms with Gasteiger partial charge in [0.2, 0.25) is 11.8 Å². The number of para-hydroxylation sites is 1. The van der Waals surface area contributed by atoms with Crippen LogP contribution >= 0.6 is 0 Å². The molecule has 0 aliphatic carbocycles. The van der Waals surface area contributed by atoms with E-state index in [-0.39, 0.29) is 35.9 Å². The molecule has 2 aromatic rings. The number of carbonyl (C=O) groups excluding carboxylic acids is 2. The van der Waals surface area contributed by atoms with E-state index in [9.17, 15) is 14.4 Å². The second-order valence-corrected chi connectivity index (χ2v) is 8.16. The summed E-state index contributed by atoms with van der Waals surface area (Å²) < 4.78 is 5.76. The molecule has 3 heterocycles. The Balaban J connectivity index is 1.53. The van der Waals surface area contributed by atoms with Gasteiger partial charge in [-0.15, -0.1) is 0 Å². The monoisotopic (exact) mass is 412 g/mol. The molecular formula is C22H28N4O4. The SMILES string of the molecule is CC(=O)N1CCC(C(=O)N(Cc2nc3ccccc3c(=O)[nH]2)C[C@@H]2CCCO2)CC1. The Morgan fingerprint density at radius 2 is 2.00 bits per heavy atom. The third-order valence-corrected chi connectivity index (χ3v) is 6.05. The van der Waals surface area contributed by atoms with Crippen molar-refractivity contribution in [2.75, 3.05) is 26.2 Å². The number of carbonyl (C=O) groups is 2. The van der Waals surface area contributed by atoms with E-state index < -0.39 is 0 Å². The van der Waals surface area contributed by atoms with Crippen LogP contribution < -0.4 is 5.56 Å². The Morgan fingerprint density at radius 1 is 1.23 bits per heavy atom. The number of likely N-dealkylation sites (tertiary alicyclic amines) is 1. The number of nitrogens with one attached hydrogen (secondary N) is 1. The fourth-order valence-electron chi connectivity index (χ4n) is 4.36. The van der Waals surface area contributed by atoms with Crippen LogP contribution in [0.3, 0.4) is 0 Å². The molecule has 30 heavy (non-hydrogen) atoms. The molecule has 0 bridgehead atoms. The summed E-state index contributed by atoms with van der Waals surface area (Å²) in [7, 11) is 0. The summed E-state index contributed by atoms with van der Waals surface area (Å²) in [5.41, 5.74) is 0.422. The molecular weight excluding hydrogens is 384 g/mol. The number of benzene rings is 1. The van der Waals surface area contributed by atoms with Crippen LogP contribution in [0, 0.1) is 5.92 Å². The zero-order chi connectivity index (χ0) is 21.1. The molecule has 160 valence electrons. The number of nitrogens with zero attached hydrogens (tertiary/aromatic N) is 3. The third-order valence-electron chi connectivity index (χ3n) is 6.05. The number of piperidine rings is 1. The summed E-state index contributed by atoms with van der Waals surface area (Å²) in [6.45, 7) is 4.21. The first kappa shape index (κ1) is 20.5. The van der Waals surface area contributed by atoms with Crippen LogP contribution in [0.4, 0.5) is 0 Å². The molecule has 2 aliphatic heterocycles. The number of ether oxygens (including phenoxy) is 1. The van der Waals surface area contributed by atoms with Crippen molar-refractivity contribution in [1.82, 2.24) is 19.8 Å². The zero-order valence-corrected chi connectivity index (χ0v) is 17.3. The van der Waals surface area contributed by atoms with E-state index in [0.717, 1.165) is 19.4 Å². The Morgan fingerprint density at radius 3 is 2.70 bits per heavy atom. The van der Waals surface area contributed by atoms with Gasteiger partial charge in [0, 0.05) is 39.1 Å². The van der Waals surface area contributed by atoms with Crippen molar-refractivity contribution in [1.29, 1.82) is 0 Å². The number of aromatic amines is 1. The fraction of sp³-hybridized carbons (Fsp3) is 0.545. The molecule has 2 saturated heterocycles. The largest absolute Gasteiger partial charge is 0.376 e. The molecule has 0 radical (unpaired) electrons. The molecule has 1 aromatic carbocycles. The van der Waals surface area contributed by atoms with Gasteiger partial charge < -0.3 is 19.5 Å². The van der Waals surface area contributed by atoms with E-state index in [4.69, 9.17) is 4.74 Å². The normalized spacial score (nSPS) is 19.9. The van der Waals surface area contributed by atoms with Gasteiger partial charge in [0.1, 0.15) is 5.82 Å². The first-order chi connectivity index (χ1) is 14.5. The first-order valence-electron chi connectivity index (χ1n) is 10.6. The second-order valence-electron chi connectivity index (χ2n) is 8.16. The molecule has 8 heteroatoms. The van der Waals surface area contributed by atoms with Gasteiger partial charge in [0.15, 0.2) is 0 Å². The number of fused-ring (bicyclic) bond motifs is 1. The summed E-state index contributed by atoms with van der Waals surface area (Å²) in [6, 6.07) is 7.19. The van der Waals surface area contributed by atoms with Crippen LogP contribution in [-0.4, -0.2) is 63.9 Å². The summed E-state index contributed by atoms with van der Waals surface area (Å²) in [4.78, 5) is 48.4. The van der Waals surface area contributed by atoms with E-state index in [1.807, 2.05) is 6.07 Å². The maximum Gasteiger partial charge on any atom is 0.258 e. The number of aromatic nitrogens is 2. The van der Waals surface area contributed by atoms with Crippen molar-refractivity contribution < 1.29 is 14.3 Å². The van der Waals surface area contributed by atoms with Crippen LogP contribution in [-0.2, 0) is 20.9 Å². The van der Waals surface area contributed by atoms with Crippen molar-refractivity contribution in [2.45, 2.75) is 45.3 Å². The minimum Gasteiger partial charge on any atom is -0.376 e. The molecule has 2 amide bonds. The van der Waals surface area contributed by atoms with Gasteiger partial charge in [-0.2, -0.15) is 0 Å². The van der Waals surface area contributed by atoms with Gasteiger partial charge >= 0.3 is 0 Å². The summed E-state index contributed by atoms with van der Waals surface area (Å²) in [5.74, 6) is 0.444. The molecule has 1 atom stereocenters.